The number of H-pyrrole nitrogens is 1. The molecule has 1 fully saturated rings. The van der Waals surface area contributed by atoms with Crippen molar-refractivity contribution >= 4 is 5.91 Å². The van der Waals surface area contributed by atoms with Crippen molar-refractivity contribution in [1.82, 2.24) is 15.2 Å². The van der Waals surface area contributed by atoms with Crippen molar-refractivity contribution in [3.8, 4) is 0 Å². The third-order valence-corrected chi connectivity index (χ3v) is 4.79. The van der Waals surface area contributed by atoms with E-state index in [4.69, 9.17) is 0 Å². The van der Waals surface area contributed by atoms with Gasteiger partial charge in [0.05, 0.1) is 0 Å². The second-order valence-corrected chi connectivity index (χ2v) is 6.67. The van der Waals surface area contributed by atoms with Gasteiger partial charge >= 0.3 is 0 Å². The highest BCUT2D eigenvalue weighted by Crippen LogP contribution is 2.18. The lowest BCUT2D eigenvalue weighted by Crippen LogP contribution is -2.41. The first-order valence-corrected chi connectivity index (χ1v) is 8.39. The topological polar surface area (TPSA) is 65.2 Å². The van der Waals surface area contributed by atoms with Crippen molar-refractivity contribution in [3.63, 3.8) is 0 Å². The van der Waals surface area contributed by atoms with E-state index < -0.39 is 0 Å². The minimum Gasteiger partial charge on any atom is -0.351 e. The van der Waals surface area contributed by atoms with Gasteiger partial charge in [-0.2, -0.15) is 0 Å². The summed E-state index contributed by atoms with van der Waals surface area (Å²) in [5.41, 5.74) is 2.12. The molecule has 2 aliphatic rings. The molecule has 1 aliphatic heterocycles. The summed E-state index contributed by atoms with van der Waals surface area (Å²) in [7, 11) is 0. The second-order valence-electron chi connectivity index (χ2n) is 6.67. The number of aromatic nitrogens is 1. The number of rotatable bonds is 4. The fourth-order valence-corrected chi connectivity index (χ4v) is 3.59. The van der Waals surface area contributed by atoms with E-state index in [1.54, 1.807) is 6.07 Å². The highest BCUT2D eigenvalue weighted by atomic mass is 16.2. The van der Waals surface area contributed by atoms with Crippen molar-refractivity contribution in [2.75, 3.05) is 26.2 Å². The summed E-state index contributed by atoms with van der Waals surface area (Å²) in [4.78, 5) is 29.5. The first kappa shape index (κ1) is 15.3. The Morgan fingerprint density at radius 2 is 2.27 bits per heavy atom. The van der Waals surface area contributed by atoms with Crippen LogP contribution in [0.1, 0.15) is 47.8 Å². The van der Waals surface area contributed by atoms with Gasteiger partial charge in [-0.25, -0.2) is 0 Å². The molecule has 1 amide bonds. The Bertz CT molecular complexity index is 608. The molecule has 1 aromatic heterocycles. The molecule has 0 radical (unpaired) electrons. The molecular formula is C17H25N3O2. The van der Waals surface area contributed by atoms with Crippen molar-refractivity contribution in [1.29, 1.82) is 0 Å². The summed E-state index contributed by atoms with van der Waals surface area (Å²) < 4.78 is 0. The minimum atomic E-state index is -0.259. The van der Waals surface area contributed by atoms with Crippen LogP contribution >= 0.6 is 0 Å². The molecule has 1 aromatic rings. The molecule has 1 saturated heterocycles. The number of amides is 1. The van der Waals surface area contributed by atoms with Crippen molar-refractivity contribution in [2.45, 2.75) is 39.0 Å². The molecule has 1 aliphatic carbocycles. The molecule has 0 spiro atoms. The van der Waals surface area contributed by atoms with E-state index in [9.17, 15) is 9.59 Å². The van der Waals surface area contributed by atoms with Crippen LogP contribution in [0.25, 0.3) is 0 Å². The molecule has 0 saturated carbocycles. The monoisotopic (exact) mass is 303 g/mol. The zero-order chi connectivity index (χ0) is 15.5. The number of pyridine rings is 1. The molecule has 3 rings (SSSR count). The van der Waals surface area contributed by atoms with Crippen LogP contribution in [0, 0.1) is 5.92 Å². The zero-order valence-electron chi connectivity index (χ0n) is 13.3. The van der Waals surface area contributed by atoms with E-state index >= 15 is 0 Å². The van der Waals surface area contributed by atoms with Crippen LogP contribution in [0.2, 0.25) is 0 Å². The number of carbonyl (C=O) groups excluding carboxylic acids is 1. The molecule has 2 heterocycles. The van der Waals surface area contributed by atoms with Crippen LogP contribution in [0.3, 0.4) is 0 Å². The third-order valence-electron chi connectivity index (χ3n) is 4.79. The molecule has 5 nitrogen and oxygen atoms in total. The maximum Gasteiger partial charge on any atom is 0.261 e. The van der Waals surface area contributed by atoms with Gasteiger partial charge in [0.2, 0.25) is 0 Å². The highest BCUT2D eigenvalue weighted by molar-refractivity contribution is 5.94. The smallest absolute Gasteiger partial charge is 0.261 e. The lowest BCUT2D eigenvalue weighted by molar-refractivity contribution is 0.0942. The van der Waals surface area contributed by atoms with Gasteiger partial charge in [0.15, 0.2) is 0 Å². The predicted molar refractivity (Wildman–Crippen MR) is 86.3 cm³/mol. The van der Waals surface area contributed by atoms with Crippen molar-refractivity contribution in [2.24, 2.45) is 5.92 Å². The first-order valence-electron chi connectivity index (χ1n) is 8.39. The average Bonchev–Trinajstić information content (AvgIpc) is 2.93. The van der Waals surface area contributed by atoms with Gasteiger partial charge in [0, 0.05) is 25.3 Å². The van der Waals surface area contributed by atoms with Crippen LogP contribution in [-0.2, 0) is 12.8 Å². The van der Waals surface area contributed by atoms with Crippen molar-refractivity contribution < 1.29 is 4.79 Å². The van der Waals surface area contributed by atoms with Crippen LogP contribution < -0.4 is 10.9 Å². The maximum atomic E-state index is 12.2. The number of nitrogens with one attached hydrogen (secondary N) is 2. The fraction of sp³-hybridized carbons (Fsp3) is 0.647. The van der Waals surface area contributed by atoms with Gasteiger partial charge in [-0.1, -0.05) is 6.92 Å². The Morgan fingerprint density at radius 3 is 3.09 bits per heavy atom. The van der Waals surface area contributed by atoms with E-state index in [1.165, 1.54) is 12.8 Å². The number of hydrogen-bond donors (Lipinski definition) is 2. The number of nitrogens with zero attached hydrogens (tertiary/aromatic N) is 1. The quantitative estimate of drug-likeness (QED) is 0.882. The van der Waals surface area contributed by atoms with Gasteiger partial charge in [-0.3, -0.25) is 9.59 Å². The molecule has 22 heavy (non-hydrogen) atoms. The standard InChI is InChI=1S/C17H25N3O2/c1-12-4-3-8-20(11-12)9-7-18-16(21)14-10-13-5-2-6-15(13)19-17(14)22/h10,12H,2-9,11H2,1H3,(H,18,21)(H,19,22)/t12-/m0/s1. The van der Waals surface area contributed by atoms with E-state index in [-0.39, 0.29) is 17.0 Å². The summed E-state index contributed by atoms with van der Waals surface area (Å²) in [6.07, 6.45) is 5.47. The van der Waals surface area contributed by atoms with E-state index in [1.807, 2.05) is 0 Å². The van der Waals surface area contributed by atoms with Gasteiger partial charge in [-0.05, 0) is 56.2 Å². The number of fused-ring (bicyclic) bond motifs is 1. The number of likely N-dealkylation sites (tertiary alicyclic amines) is 1. The van der Waals surface area contributed by atoms with Gasteiger partial charge < -0.3 is 15.2 Å². The lowest BCUT2D eigenvalue weighted by Gasteiger charge is -2.30. The zero-order valence-corrected chi connectivity index (χ0v) is 13.3. The molecule has 1 atom stereocenters. The number of aromatic amines is 1. The second kappa shape index (κ2) is 6.65. The van der Waals surface area contributed by atoms with Gasteiger partial charge in [0.1, 0.15) is 5.56 Å². The summed E-state index contributed by atoms with van der Waals surface area (Å²) >= 11 is 0. The Hall–Kier alpha value is -1.62. The molecule has 120 valence electrons. The number of hydrogen-bond acceptors (Lipinski definition) is 3. The SMILES string of the molecule is C[C@H]1CCCN(CCNC(=O)c2cc3c([nH]c2=O)CCC3)C1. The molecule has 0 aromatic carbocycles. The van der Waals surface area contributed by atoms with Crippen LogP contribution in [0.4, 0.5) is 0 Å². The minimum absolute atomic E-state index is 0.249. The predicted octanol–water partition coefficient (Wildman–Crippen LogP) is 1.33. The Kier molecular flexibility index (Phi) is 4.62. The molecule has 0 bridgehead atoms. The molecule has 5 heteroatoms. The van der Waals surface area contributed by atoms with Crippen LogP contribution in [-0.4, -0.2) is 42.0 Å². The van der Waals surface area contributed by atoms with Crippen LogP contribution in [0.5, 0.6) is 0 Å². The van der Waals surface area contributed by atoms with Crippen LogP contribution in [0.15, 0.2) is 10.9 Å². The summed E-state index contributed by atoms with van der Waals surface area (Å²) in [5, 5.41) is 2.89. The summed E-state index contributed by atoms with van der Waals surface area (Å²) in [6, 6.07) is 1.78. The van der Waals surface area contributed by atoms with E-state index in [2.05, 4.69) is 22.1 Å². The lowest BCUT2D eigenvalue weighted by atomic mass is 10.0. The summed E-state index contributed by atoms with van der Waals surface area (Å²) in [5.74, 6) is 0.491. The van der Waals surface area contributed by atoms with Crippen molar-refractivity contribution in [3.05, 3.63) is 33.2 Å². The average molecular weight is 303 g/mol. The van der Waals surface area contributed by atoms with Gasteiger partial charge in [0.25, 0.3) is 11.5 Å². The van der Waals surface area contributed by atoms with E-state index in [0.29, 0.717) is 6.54 Å². The Balaban J connectivity index is 1.55. The van der Waals surface area contributed by atoms with Gasteiger partial charge in [-0.15, -0.1) is 0 Å². The maximum absolute atomic E-state index is 12.2. The molecule has 0 unspecified atom stereocenters. The summed E-state index contributed by atoms with van der Waals surface area (Å²) in [6.45, 7) is 5.95. The first-order chi connectivity index (χ1) is 10.6. The fourth-order valence-electron chi connectivity index (χ4n) is 3.59. The largest absolute Gasteiger partial charge is 0.351 e. The normalized spacial score (nSPS) is 21.6. The number of aryl methyl sites for hydroxylation is 2. The Morgan fingerprint density at radius 1 is 1.41 bits per heavy atom. The van der Waals surface area contributed by atoms with E-state index in [0.717, 1.165) is 56.1 Å². The highest BCUT2D eigenvalue weighted by Gasteiger charge is 2.19. The third kappa shape index (κ3) is 3.40. The molecular weight excluding hydrogens is 278 g/mol. The number of carbonyl (C=O) groups is 1. The molecule has 2 N–H and O–H groups in total. The Labute approximate surface area is 131 Å². The number of piperidine rings is 1.